The number of ether oxygens (including phenoxy) is 1. The molecule has 0 radical (unpaired) electrons. The molecule has 0 aromatic carbocycles. The molecule has 1 amide bonds. The van der Waals surface area contributed by atoms with Crippen molar-refractivity contribution >= 4 is 12.1 Å². The molecule has 0 spiro atoms. The Morgan fingerprint density at radius 2 is 2.11 bits per heavy atom. The summed E-state index contributed by atoms with van der Waals surface area (Å²) in [5.74, 6) is -0.673. The van der Waals surface area contributed by atoms with Gasteiger partial charge in [0.1, 0.15) is 17.6 Å². The Kier molecular flexibility index (Phi) is 4.33. The van der Waals surface area contributed by atoms with Crippen LogP contribution in [0.25, 0.3) is 0 Å². The minimum absolute atomic E-state index is 0.0593. The van der Waals surface area contributed by atoms with Gasteiger partial charge in [-0.3, -0.25) is 5.43 Å². The number of aromatic carboxylic acids is 1. The van der Waals surface area contributed by atoms with Crippen molar-refractivity contribution in [3.63, 3.8) is 0 Å². The topological polar surface area (TPSA) is 101 Å². The van der Waals surface area contributed by atoms with Gasteiger partial charge in [-0.25, -0.2) is 15.0 Å². The number of furan rings is 1. The van der Waals surface area contributed by atoms with E-state index in [0.717, 1.165) is 6.26 Å². The molecule has 0 aliphatic heterocycles. The zero-order valence-corrected chi connectivity index (χ0v) is 10.4. The first-order valence-electron chi connectivity index (χ1n) is 5.30. The van der Waals surface area contributed by atoms with E-state index < -0.39 is 17.7 Å². The highest BCUT2D eigenvalue weighted by Gasteiger charge is 2.15. The van der Waals surface area contributed by atoms with Gasteiger partial charge >= 0.3 is 12.1 Å². The van der Waals surface area contributed by atoms with Crippen molar-refractivity contribution in [1.29, 1.82) is 0 Å². The van der Waals surface area contributed by atoms with E-state index in [1.54, 1.807) is 20.8 Å². The molecule has 0 atom stereocenters. The van der Waals surface area contributed by atoms with Crippen LogP contribution in [0.2, 0.25) is 0 Å². The van der Waals surface area contributed by atoms with Crippen LogP contribution in [0.4, 0.5) is 4.79 Å². The van der Waals surface area contributed by atoms with E-state index in [1.165, 1.54) is 6.07 Å². The van der Waals surface area contributed by atoms with E-state index in [-0.39, 0.29) is 12.1 Å². The number of carboxylic acids is 1. The third kappa shape index (κ3) is 4.88. The van der Waals surface area contributed by atoms with E-state index in [4.69, 9.17) is 14.3 Å². The monoisotopic (exact) mass is 256 g/mol. The summed E-state index contributed by atoms with van der Waals surface area (Å²) in [5.41, 5.74) is 4.36. The van der Waals surface area contributed by atoms with Crippen LogP contribution in [-0.4, -0.2) is 22.8 Å². The summed E-state index contributed by atoms with van der Waals surface area (Å²) in [4.78, 5) is 21.8. The van der Waals surface area contributed by atoms with Gasteiger partial charge in [0.15, 0.2) is 0 Å². The number of rotatable bonds is 4. The fourth-order valence-electron chi connectivity index (χ4n) is 1.09. The molecule has 1 aromatic rings. The molecule has 0 aliphatic carbocycles. The van der Waals surface area contributed by atoms with E-state index in [9.17, 15) is 9.59 Å². The van der Waals surface area contributed by atoms with Crippen molar-refractivity contribution in [1.82, 2.24) is 10.9 Å². The maximum Gasteiger partial charge on any atom is 0.422 e. The Bertz CT molecular complexity index is 433. The first-order valence-corrected chi connectivity index (χ1v) is 5.30. The van der Waals surface area contributed by atoms with Crippen molar-refractivity contribution in [2.75, 3.05) is 0 Å². The summed E-state index contributed by atoms with van der Waals surface area (Å²) in [6.07, 6.45) is 0.514. The highest BCUT2D eigenvalue weighted by molar-refractivity contribution is 5.87. The predicted molar refractivity (Wildman–Crippen MR) is 61.9 cm³/mol. The zero-order chi connectivity index (χ0) is 13.8. The molecule has 0 bridgehead atoms. The van der Waals surface area contributed by atoms with Gasteiger partial charge in [0.2, 0.25) is 0 Å². The van der Waals surface area contributed by atoms with Gasteiger partial charge in [-0.05, 0) is 26.8 Å². The average Bonchev–Trinajstić information content (AvgIpc) is 2.63. The number of amides is 1. The molecule has 7 heteroatoms. The van der Waals surface area contributed by atoms with Crippen LogP contribution in [0, 0.1) is 0 Å². The predicted octanol–water partition coefficient (Wildman–Crippen LogP) is 1.51. The molecule has 0 unspecified atom stereocenters. The minimum atomic E-state index is -1.06. The molecule has 1 aromatic heterocycles. The summed E-state index contributed by atoms with van der Waals surface area (Å²) in [7, 11) is 0. The minimum Gasteiger partial charge on any atom is -0.478 e. The van der Waals surface area contributed by atoms with Crippen LogP contribution in [0.5, 0.6) is 0 Å². The molecule has 1 heterocycles. The standard InChI is InChI=1S/C11H16N2O5/c1-11(2,3)18-10(16)13-12-5-8-4-7(6-17-8)9(14)15/h4,6,12H,5H2,1-3H3,(H,13,16)(H,14,15). The lowest BCUT2D eigenvalue weighted by Crippen LogP contribution is -2.40. The van der Waals surface area contributed by atoms with Gasteiger partial charge in [-0.1, -0.05) is 0 Å². The van der Waals surface area contributed by atoms with Crippen molar-refractivity contribution < 1.29 is 23.8 Å². The van der Waals surface area contributed by atoms with E-state index in [0.29, 0.717) is 5.76 Å². The molecule has 0 saturated heterocycles. The summed E-state index contributed by atoms with van der Waals surface area (Å²) in [6.45, 7) is 5.40. The molecule has 18 heavy (non-hydrogen) atoms. The largest absolute Gasteiger partial charge is 0.478 e. The number of hydrogen-bond donors (Lipinski definition) is 3. The summed E-state index contributed by atoms with van der Waals surface area (Å²) < 4.78 is 9.96. The average molecular weight is 256 g/mol. The normalized spacial score (nSPS) is 11.1. The molecule has 1 rings (SSSR count). The van der Waals surface area contributed by atoms with E-state index in [2.05, 4.69) is 10.9 Å². The van der Waals surface area contributed by atoms with Gasteiger partial charge in [-0.2, -0.15) is 0 Å². The summed E-state index contributed by atoms with van der Waals surface area (Å²) in [5, 5.41) is 8.67. The smallest absolute Gasteiger partial charge is 0.422 e. The molecule has 100 valence electrons. The van der Waals surface area contributed by atoms with Crippen LogP contribution in [0.15, 0.2) is 16.7 Å². The highest BCUT2D eigenvalue weighted by Crippen LogP contribution is 2.07. The molecule has 7 nitrogen and oxygen atoms in total. The second-order valence-corrected chi connectivity index (χ2v) is 4.59. The number of carbonyl (C=O) groups excluding carboxylic acids is 1. The van der Waals surface area contributed by atoms with Crippen LogP contribution < -0.4 is 10.9 Å². The van der Waals surface area contributed by atoms with Gasteiger partial charge in [0.25, 0.3) is 0 Å². The van der Waals surface area contributed by atoms with Crippen molar-refractivity contribution in [2.24, 2.45) is 0 Å². The maximum atomic E-state index is 11.2. The Balaban J connectivity index is 2.33. The Hall–Kier alpha value is -2.02. The second kappa shape index (κ2) is 5.54. The van der Waals surface area contributed by atoms with Crippen molar-refractivity contribution in [2.45, 2.75) is 32.9 Å². The Morgan fingerprint density at radius 1 is 1.44 bits per heavy atom. The van der Waals surface area contributed by atoms with Gasteiger partial charge in [0, 0.05) is 0 Å². The quantitative estimate of drug-likeness (QED) is 0.706. The first-order chi connectivity index (χ1) is 8.28. The highest BCUT2D eigenvalue weighted by atomic mass is 16.6. The molecule has 0 fully saturated rings. The maximum absolute atomic E-state index is 11.2. The van der Waals surface area contributed by atoms with E-state index in [1.807, 2.05) is 0 Å². The van der Waals surface area contributed by atoms with Crippen LogP contribution in [0.1, 0.15) is 36.9 Å². The zero-order valence-electron chi connectivity index (χ0n) is 10.4. The van der Waals surface area contributed by atoms with Crippen molar-refractivity contribution in [3.8, 4) is 0 Å². The van der Waals surface area contributed by atoms with Crippen LogP contribution in [0.3, 0.4) is 0 Å². The first kappa shape index (κ1) is 14.0. The van der Waals surface area contributed by atoms with Crippen LogP contribution in [-0.2, 0) is 11.3 Å². The van der Waals surface area contributed by atoms with Gasteiger partial charge < -0.3 is 14.3 Å². The molecule has 3 N–H and O–H groups in total. The van der Waals surface area contributed by atoms with E-state index >= 15 is 0 Å². The number of carbonyl (C=O) groups is 2. The molecular formula is C11H16N2O5. The second-order valence-electron chi connectivity index (χ2n) is 4.59. The Labute approximate surface area is 104 Å². The summed E-state index contributed by atoms with van der Waals surface area (Å²) in [6, 6.07) is 1.37. The number of hydrazine groups is 1. The SMILES string of the molecule is CC(C)(C)OC(=O)NNCc1cc(C(=O)O)co1. The fraction of sp³-hybridized carbons (Fsp3) is 0.455. The van der Waals surface area contributed by atoms with Crippen molar-refractivity contribution in [3.05, 3.63) is 23.7 Å². The lowest BCUT2D eigenvalue weighted by Gasteiger charge is -2.19. The molecule has 0 saturated carbocycles. The van der Waals surface area contributed by atoms with Gasteiger partial charge in [0.05, 0.1) is 12.1 Å². The van der Waals surface area contributed by atoms with Gasteiger partial charge in [-0.15, -0.1) is 0 Å². The Morgan fingerprint density at radius 3 is 2.61 bits per heavy atom. The summed E-state index contributed by atoms with van der Waals surface area (Å²) >= 11 is 0. The third-order valence-corrected chi connectivity index (χ3v) is 1.75. The van der Waals surface area contributed by atoms with Crippen LogP contribution >= 0.6 is 0 Å². The fourth-order valence-corrected chi connectivity index (χ4v) is 1.09. The third-order valence-electron chi connectivity index (χ3n) is 1.75. The lowest BCUT2D eigenvalue weighted by atomic mass is 10.2. The molecule has 0 aliphatic rings. The number of nitrogens with one attached hydrogen (secondary N) is 2. The molecular weight excluding hydrogens is 240 g/mol. The number of carboxylic acid groups (broad SMARTS) is 1. The number of hydrogen-bond acceptors (Lipinski definition) is 5. The lowest BCUT2D eigenvalue weighted by molar-refractivity contribution is 0.0495.